The summed E-state index contributed by atoms with van der Waals surface area (Å²) in [5.41, 5.74) is -0.495. The maximum atomic E-state index is 13.9. The first-order valence-corrected chi connectivity index (χ1v) is 10.9. The first kappa shape index (κ1) is 24.3. The lowest BCUT2D eigenvalue weighted by molar-refractivity contribution is -0.137. The smallest absolute Gasteiger partial charge is 0.378 e. The number of ether oxygens (including phenoxy) is 1. The van der Waals surface area contributed by atoms with E-state index in [0.29, 0.717) is 39.3 Å². The number of morpholine rings is 1. The molecule has 0 aromatic carbocycles. The van der Waals surface area contributed by atoms with Crippen LogP contribution in [0.4, 0.5) is 30.9 Å². The second-order valence-electron chi connectivity index (χ2n) is 7.67. The standard InChI is InChI=1S/C22H23F3N8O2/c1-14(34)29-18-12-17(22(23,24)25)16(13-28-18)19-30-20(27-7-5-15-4-2-3-6-26-15)32-21(31-19)33-8-10-35-11-9-33/h2-4,6,12-13H,5,7-11H2,1H3,(H,28,29,34)(H,27,30,31,32). The predicted octanol–water partition coefficient (Wildman–Crippen LogP) is 2.80. The Morgan fingerprint density at radius 2 is 1.94 bits per heavy atom. The monoisotopic (exact) mass is 488 g/mol. The summed E-state index contributed by atoms with van der Waals surface area (Å²) in [6, 6.07) is 6.32. The Kier molecular flexibility index (Phi) is 7.34. The topological polar surface area (TPSA) is 118 Å². The highest BCUT2D eigenvalue weighted by atomic mass is 19.4. The molecule has 0 aliphatic carbocycles. The third-order valence-corrected chi connectivity index (χ3v) is 5.06. The summed E-state index contributed by atoms with van der Waals surface area (Å²) in [5, 5.41) is 5.33. The van der Waals surface area contributed by atoms with Gasteiger partial charge in [-0.25, -0.2) is 4.98 Å². The maximum Gasteiger partial charge on any atom is 0.417 e. The Morgan fingerprint density at radius 1 is 1.14 bits per heavy atom. The van der Waals surface area contributed by atoms with E-state index in [1.807, 2.05) is 23.1 Å². The molecule has 1 aliphatic heterocycles. The van der Waals surface area contributed by atoms with E-state index >= 15 is 0 Å². The van der Waals surface area contributed by atoms with Crippen molar-refractivity contribution in [1.82, 2.24) is 24.9 Å². The molecular weight excluding hydrogens is 465 g/mol. The minimum absolute atomic E-state index is 0.131. The highest BCUT2D eigenvalue weighted by molar-refractivity contribution is 5.88. The molecule has 3 aromatic heterocycles. The van der Waals surface area contributed by atoms with Crippen LogP contribution in [0, 0.1) is 0 Å². The van der Waals surface area contributed by atoms with Gasteiger partial charge in [0, 0.05) is 51.1 Å². The van der Waals surface area contributed by atoms with E-state index in [9.17, 15) is 18.0 Å². The Labute approximate surface area is 199 Å². The van der Waals surface area contributed by atoms with E-state index < -0.39 is 17.6 Å². The Bertz CT molecular complexity index is 1170. The van der Waals surface area contributed by atoms with Gasteiger partial charge >= 0.3 is 6.18 Å². The molecule has 0 atom stereocenters. The van der Waals surface area contributed by atoms with E-state index in [-0.39, 0.29) is 29.1 Å². The second kappa shape index (κ2) is 10.6. The van der Waals surface area contributed by atoms with Crippen LogP contribution in [0.2, 0.25) is 0 Å². The molecule has 10 nitrogen and oxygen atoms in total. The predicted molar refractivity (Wildman–Crippen MR) is 122 cm³/mol. The van der Waals surface area contributed by atoms with Crippen LogP contribution in [0.25, 0.3) is 11.4 Å². The molecule has 1 fully saturated rings. The number of pyridine rings is 2. The molecular formula is C22H23F3N8O2. The molecule has 1 amide bonds. The number of amides is 1. The molecule has 1 saturated heterocycles. The molecule has 0 spiro atoms. The molecule has 3 aromatic rings. The van der Waals surface area contributed by atoms with Crippen LogP contribution in [0.5, 0.6) is 0 Å². The normalized spacial score (nSPS) is 14.0. The number of nitrogens with one attached hydrogen (secondary N) is 2. The van der Waals surface area contributed by atoms with E-state index in [2.05, 4.69) is 35.6 Å². The Morgan fingerprint density at radius 3 is 2.63 bits per heavy atom. The molecule has 35 heavy (non-hydrogen) atoms. The van der Waals surface area contributed by atoms with Crippen LogP contribution >= 0.6 is 0 Å². The Balaban J connectivity index is 1.69. The van der Waals surface area contributed by atoms with Crippen LogP contribution in [-0.4, -0.2) is 63.7 Å². The highest BCUT2D eigenvalue weighted by Crippen LogP contribution is 2.37. The minimum Gasteiger partial charge on any atom is -0.378 e. The summed E-state index contributed by atoms with van der Waals surface area (Å²) < 4.78 is 47.2. The SMILES string of the molecule is CC(=O)Nc1cc(C(F)(F)F)c(-c2nc(NCCc3ccccn3)nc(N3CCOCC3)n2)cn1. The average molecular weight is 488 g/mol. The summed E-state index contributed by atoms with van der Waals surface area (Å²) in [7, 11) is 0. The van der Waals surface area contributed by atoms with Crippen molar-refractivity contribution in [2.24, 2.45) is 0 Å². The number of halogens is 3. The molecule has 4 heterocycles. The lowest BCUT2D eigenvalue weighted by Gasteiger charge is -2.27. The number of carbonyl (C=O) groups is 1. The van der Waals surface area contributed by atoms with Gasteiger partial charge in [0.05, 0.1) is 24.3 Å². The third kappa shape index (κ3) is 6.38. The van der Waals surface area contributed by atoms with Crippen LogP contribution in [0.3, 0.4) is 0 Å². The van der Waals surface area contributed by atoms with E-state index in [0.717, 1.165) is 18.0 Å². The quantitative estimate of drug-likeness (QED) is 0.518. The first-order valence-electron chi connectivity index (χ1n) is 10.9. The molecule has 13 heteroatoms. The van der Waals surface area contributed by atoms with Gasteiger partial charge in [-0.05, 0) is 18.2 Å². The fourth-order valence-electron chi connectivity index (χ4n) is 3.43. The summed E-state index contributed by atoms with van der Waals surface area (Å²) in [5.74, 6) is -0.572. The van der Waals surface area contributed by atoms with E-state index in [1.54, 1.807) is 6.20 Å². The summed E-state index contributed by atoms with van der Waals surface area (Å²) in [6.07, 6.45) is -1.48. The van der Waals surface area contributed by atoms with Gasteiger partial charge in [-0.3, -0.25) is 9.78 Å². The minimum atomic E-state index is -4.73. The summed E-state index contributed by atoms with van der Waals surface area (Å²) in [6.45, 7) is 3.47. The maximum absolute atomic E-state index is 13.9. The zero-order valence-corrected chi connectivity index (χ0v) is 18.8. The number of alkyl halides is 3. The fraction of sp³-hybridized carbons (Fsp3) is 0.364. The van der Waals surface area contributed by atoms with Crippen molar-refractivity contribution in [1.29, 1.82) is 0 Å². The molecule has 4 rings (SSSR count). The molecule has 0 bridgehead atoms. The molecule has 2 N–H and O–H groups in total. The van der Waals surface area contributed by atoms with Crippen molar-refractivity contribution in [2.45, 2.75) is 19.5 Å². The lowest BCUT2D eigenvalue weighted by Crippen LogP contribution is -2.37. The molecule has 1 aliphatic rings. The van der Waals surface area contributed by atoms with Crippen molar-refractivity contribution in [3.63, 3.8) is 0 Å². The number of anilines is 3. The van der Waals surface area contributed by atoms with Gasteiger partial charge in [-0.15, -0.1) is 0 Å². The zero-order chi connectivity index (χ0) is 24.8. The van der Waals surface area contributed by atoms with Crippen LogP contribution in [0.15, 0.2) is 36.7 Å². The second-order valence-corrected chi connectivity index (χ2v) is 7.67. The van der Waals surface area contributed by atoms with E-state index in [4.69, 9.17) is 4.74 Å². The number of nitrogens with zero attached hydrogens (tertiary/aromatic N) is 6. The number of hydrogen-bond donors (Lipinski definition) is 2. The van der Waals surface area contributed by atoms with Gasteiger partial charge in [0.1, 0.15) is 5.82 Å². The average Bonchev–Trinajstić information content (AvgIpc) is 2.84. The van der Waals surface area contributed by atoms with Gasteiger partial charge in [-0.2, -0.15) is 28.1 Å². The van der Waals surface area contributed by atoms with Crippen molar-refractivity contribution in [3.05, 3.63) is 47.9 Å². The molecule has 184 valence electrons. The van der Waals surface area contributed by atoms with E-state index in [1.165, 1.54) is 6.92 Å². The lowest BCUT2D eigenvalue weighted by atomic mass is 10.1. The van der Waals surface area contributed by atoms with Crippen LogP contribution < -0.4 is 15.5 Å². The third-order valence-electron chi connectivity index (χ3n) is 5.06. The van der Waals surface area contributed by atoms with Crippen molar-refractivity contribution >= 4 is 23.6 Å². The van der Waals surface area contributed by atoms with Crippen molar-refractivity contribution < 1.29 is 22.7 Å². The summed E-state index contributed by atoms with van der Waals surface area (Å²) in [4.78, 5) is 34.3. The van der Waals surface area contributed by atoms with Gasteiger partial charge in [-0.1, -0.05) is 6.07 Å². The molecule has 0 saturated carbocycles. The molecule has 0 unspecified atom stereocenters. The number of hydrogen-bond acceptors (Lipinski definition) is 9. The summed E-state index contributed by atoms with van der Waals surface area (Å²) >= 11 is 0. The number of carbonyl (C=O) groups excluding carboxylic acids is 1. The van der Waals surface area contributed by atoms with Gasteiger partial charge < -0.3 is 20.3 Å². The first-order chi connectivity index (χ1) is 16.8. The largest absolute Gasteiger partial charge is 0.417 e. The van der Waals surface area contributed by atoms with Crippen molar-refractivity contribution in [2.75, 3.05) is 48.4 Å². The van der Waals surface area contributed by atoms with Crippen molar-refractivity contribution in [3.8, 4) is 11.4 Å². The van der Waals surface area contributed by atoms with Crippen LogP contribution in [0.1, 0.15) is 18.2 Å². The molecule has 0 radical (unpaired) electrons. The zero-order valence-electron chi connectivity index (χ0n) is 18.8. The highest BCUT2D eigenvalue weighted by Gasteiger charge is 2.36. The van der Waals surface area contributed by atoms with Gasteiger partial charge in [0.25, 0.3) is 0 Å². The number of rotatable bonds is 7. The van der Waals surface area contributed by atoms with Gasteiger partial charge in [0.2, 0.25) is 17.8 Å². The fourth-order valence-corrected chi connectivity index (χ4v) is 3.43. The Hall–Kier alpha value is -3.87. The van der Waals surface area contributed by atoms with Crippen LogP contribution in [-0.2, 0) is 22.1 Å². The van der Waals surface area contributed by atoms with Gasteiger partial charge in [0.15, 0.2) is 5.82 Å². The number of aromatic nitrogens is 5.